The van der Waals surface area contributed by atoms with Crippen LogP contribution in [0.25, 0.3) is 33.5 Å². The van der Waals surface area contributed by atoms with Gasteiger partial charge in [-0.25, -0.2) is 9.37 Å². The van der Waals surface area contributed by atoms with E-state index in [9.17, 15) is 4.39 Å². The van der Waals surface area contributed by atoms with Crippen LogP contribution in [-0.4, -0.2) is 25.1 Å². The zero-order valence-corrected chi connectivity index (χ0v) is 14.2. The third kappa shape index (κ3) is 2.89. The number of pyridine rings is 1. The molecule has 0 unspecified atom stereocenters. The lowest BCUT2D eigenvalue weighted by molar-refractivity contribution is 0.629. The second-order valence-corrected chi connectivity index (χ2v) is 6.29. The van der Waals surface area contributed by atoms with Gasteiger partial charge in [-0.05, 0) is 54.1 Å². The first-order valence-electron chi connectivity index (χ1n) is 8.53. The molecule has 27 heavy (non-hydrogen) atoms. The Kier molecular flexibility index (Phi) is 3.57. The second kappa shape index (κ2) is 6.21. The zero-order chi connectivity index (χ0) is 18.2. The molecular weight excluding hydrogens is 343 g/mol. The number of nitrogens with one attached hydrogen (secondary N) is 3. The number of hydrogen-bond acceptors (Lipinski definition) is 4. The maximum atomic E-state index is 13.4. The summed E-state index contributed by atoms with van der Waals surface area (Å²) in [6, 6.07) is 14.5. The first-order valence-corrected chi connectivity index (χ1v) is 8.53. The van der Waals surface area contributed by atoms with Gasteiger partial charge in [-0.15, -0.1) is 0 Å². The highest BCUT2D eigenvalue weighted by Crippen LogP contribution is 2.27. The molecule has 0 saturated heterocycles. The van der Waals surface area contributed by atoms with Gasteiger partial charge < -0.3 is 10.3 Å². The fourth-order valence-corrected chi connectivity index (χ4v) is 3.11. The van der Waals surface area contributed by atoms with Gasteiger partial charge in [0.05, 0.1) is 16.6 Å². The van der Waals surface area contributed by atoms with Gasteiger partial charge in [-0.2, -0.15) is 5.10 Å². The molecule has 132 valence electrons. The first-order chi connectivity index (χ1) is 13.3. The number of benzene rings is 2. The molecule has 0 spiro atoms. The Bertz CT molecular complexity index is 1240. The van der Waals surface area contributed by atoms with Gasteiger partial charge in [0.25, 0.3) is 0 Å². The normalized spacial score (nSPS) is 11.3. The summed E-state index contributed by atoms with van der Waals surface area (Å²) < 4.78 is 13.4. The Hall–Kier alpha value is -3.74. The number of H-pyrrole nitrogens is 2. The van der Waals surface area contributed by atoms with Crippen molar-refractivity contribution in [1.29, 1.82) is 0 Å². The molecule has 3 N–H and O–H groups in total. The molecule has 0 saturated carbocycles. The van der Waals surface area contributed by atoms with Gasteiger partial charge in [0, 0.05) is 30.0 Å². The van der Waals surface area contributed by atoms with Crippen LogP contribution in [0, 0.1) is 5.82 Å². The molecule has 0 aliphatic carbocycles. The van der Waals surface area contributed by atoms with E-state index in [2.05, 4.69) is 30.5 Å². The van der Waals surface area contributed by atoms with Crippen molar-refractivity contribution in [1.82, 2.24) is 25.1 Å². The predicted octanol–water partition coefficient (Wildman–Crippen LogP) is 4.25. The van der Waals surface area contributed by atoms with E-state index in [1.807, 2.05) is 30.3 Å². The van der Waals surface area contributed by atoms with Crippen molar-refractivity contribution in [3.63, 3.8) is 0 Å². The smallest absolute Gasteiger partial charge is 0.159 e. The Labute approximate surface area is 153 Å². The molecule has 0 radical (unpaired) electrons. The van der Waals surface area contributed by atoms with Crippen molar-refractivity contribution < 1.29 is 4.39 Å². The van der Waals surface area contributed by atoms with Crippen molar-refractivity contribution in [2.24, 2.45) is 0 Å². The van der Waals surface area contributed by atoms with Gasteiger partial charge in [0.15, 0.2) is 5.82 Å². The summed E-state index contributed by atoms with van der Waals surface area (Å²) in [4.78, 5) is 11.9. The summed E-state index contributed by atoms with van der Waals surface area (Å²) in [6.07, 6.45) is 3.56. The molecule has 0 aliphatic heterocycles. The van der Waals surface area contributed by atoms with E-state index in [1.165, 1.54) is 12.1 Å². The summed E-state index contributed by atoms with van der Waals surface area (Å²) in [5.74, 6) is 0.348. The Balaban J connectivity index is 1.46. The summed E-state index contributed by atoms with van der Waals surface area (Å²) in [5.41, 5.74) is 5.22. The lowest BCUT2D eigenvalue weighted by atomic mass is 10.2. The minimum atomic E-state index is -0.299. The van der Waals surface area contributed by atoms with Crippen molar-refractivity contribution in [2.75, 3.05) is 5.32 Å². The number of rotatable bonds is 4. The number of hydrogen-bond donors (Lipinski definition) is 3. The Morgan fingerprint density at radius 2 is 1.85 bits per heavy atom. The Morgan fingerprint density at radius 3 is 2.74 bits per heavy atom. The summed E-state index contributed by atoms with van der Waals surface area (Å²) >= 11 is 0. The van der Waals surface area contributed by atoms with Gasteiger partial charge in [-0.3, -0.25) is 10.1 Å². The van der Waals surface area contributed by atoms with E-state index in [0.717, 1.165) is 27.7 Å². The lowest BCUT2D eigenvalue weighted by Gasteiger charge is -2.05. The van der Waals surface area contributed by atoms with Crippen LogP contribution in [0.15, 0.2) is 60.9 Å². The molecule has 7 heteroatoms. The number of aromatic amines is 2. The maximum Gasteiger partial charge on any atom is 0.159 e. The predicted molar refractivity (Wildman–Crippen MR) is 103 cm³/mol. The third-order valence-corrected chi connectivity index (χ3v) is 4.48. The van der Waals surface area contributed by atoms with E-state index in [4.69, 9.17) is 0 Å². The second-order valence-electron chi connectivity index (χ2n) is 6.29. The van der Waals surface area contributed by atoms with Gasteiger partial charge in [-0.1, -0.05) is 0 Å². The van der Waals surface area contributed by atoms with Gasteiger partial charge >= 0.3 is 0 Å². The topological polar surface area (TPSA) is 82.3 Å². The number of nitrogens with zero attached hydrogens (tertiary/aromatic N) is 3. The van der Waals surface area contributed by atoms with Crippen molar-refractivity contribution in [2.45, 2.75) is 6.54 Å². The van der Waals surface area contributed by atoms with Crippen LogP contribution in [-0.2, 0) is 6.54 Å². The van der Waals surface area contributed by atoms with Crippen LogP contribution < -0.4 is 5.32 Å². The van der Waals surface area contributed by atoms with Crippen LogP contribution in [0.1, 0.15) is 5.56 Å². The first kappa shape index (κ1) is 15.5. The fraction of sp³-hybridized carbons (Fsp3) is 0.0500. The summed E-state index contributed by atoms with van der Waals surface area (Å²) in [5, 5.41) is 11.4. The van der Waals surface area contributed by atoms with Gasteiger partial charge in [0.1, 0.15) is 11.5 Å². The van der Waals surface area contributed by atoms with E-state index < -0.39 is 0 Å². The van der Waals surface area contributed by atoms with Crippen molar-refractivity contribution in [3.8, 4) is 11.5 Å². The number of anilines is 1. The minimum absolute atomic E-state index is 0.299. The summed E-state index contributed by atoms with van der Waals surface area (Å²) in [6.45, 7) is 0.713. The number of fused-ring (bicyclic) bond motifs is 2. The molecule has 3 heterocycles. The molecular formula is C20H15FN6. The van der Waals surface area contributed by atoms with E-state index in [0.29, 0.717) is 23.6 Å². The monoisotopic (exact) mass is 358 g/mol. The molecule has 5 rings (SSSR count). The molecule has 2 aromatic carbocycles. The molecule has 5 aromatic rings. The van der Waals surface area contributed by atoms with E-state index in [-0.39, 0.29) is 5.82 Å². The SMILES string of the molecule is Fc1ccc2c(-c3nc4ccc(NCc5ccncc5)cc4[nH]3)n[nH]c2c1. The third-order valence-electron chi connectivity index (χ3n) is 4.48. The van der Waals surface area contributed by atoms with E-state index >= 15 is 0 Å². The number of halogens is 1. The van der Waals surface area contributed by atoms with Crippen LogP contribution in [0.3, 0.4) is 0 Å². The van der Waals surface area contributed by atoms with Gasteiger partial charge in [0.2, 0.25) is 0 Å². The highest BCUT2D eigenvalue weighted by atomic mass is 19.1. The zero-order valence-electron chi connectivity index (χ0n) is 14.2. The maximum absolute atomic E-state index is 13.4. The average molecular weight is 358 g/mol. The van der Waals surface area contributed by atoms with Crippen LogP contribution >= 0.6 is 0 Å². The molecule has 0 aliphatic rings. The quantitative estimate of drug-likeness (QED) is 0.448. The Morgan fingerprint density at radius 1 is 0.963 bits per heavy atom. The molecule has 0 bridgehead atoms. The summed E-state index contributed by atoms with van der Waals surface area (Å²) in [7, 11) is 0. The lowest BCUT2D eigenvalue weighted by Crippen LogP contribution is -1.98. The van der Waals surface area contributed by atoms with E-state index in [1.54, 1.807) is 18.5 Å². The fourth-order valence-electron chi connectivity index (χ4n) is 3.11. The molecule has 6 nitrogen and oxygen atoms in total. The van der Waals surface area contributed by atoms with Crippen LogP contribution in [0.5, 0.6) is 0 Å². The largest absolute Gasteiger partial charge is 0.381 e. The standard InChI is InChI=1S/C20H15FN6/c21-13-1-3-15-17(9-13)26-27-19(15)20-24-16-4-2-14(10-18(16)25-20)23-11-12-5-7-22-8-6-12/h1-10,23H,11H2,(H,24,25)(H,26,27). The van der Waals surface area contributed by atoms with Crippen LogP contribution in [0.2, 0.25) is 0 Å². The molecule has 0 fully saturated rings. The molecule has 0 amide bonds. The molecule has 0 atom stereocenters. The average Bonchev–Trinajstić information content (AvgIpc) is 3.30. The number of imidazole rings is 1. The number of aromatic nitrogens is 5. The minimum Gasteiger partial charge on any atom is -0.381 e. The van der Waals surface area contributed by atoms with Crippen molar-refractivity contribution >= 4 is 27.6 Å². The van der Waals surface area contributed by atoms with Crippen molar-refractivity contribution in [3.05, 3.63) is 72.3 Å². The highest BCUT2D eigenvalue weighted by Gasteiger charge is 2.13. The molecule has 3 aromatic heterocycles. The highest BCUT2D eigenvalue weighted by molar-refractivity contribution is 5.93. The van der Waals surface area contributed by atoms with Crippen LogP contribution in [0.4, 0.5) is 10.1 Å².